The third-order valence-corrected chi connectivity index (χ3v) is 2.59. The van der Waals surface area contributed by atoms with Crippen LogP contribution in [0, 0.1) is 11.8 Å². The van der Waals surface area contributed by atoms with Crippen molar-refractivity contribution in [3.63, 3.8) is 0 Å². The van der Waals surface area contributed by atoms with Crippen LogP contribution < -0.4 is 0 Å². The summed E-state index contributed by atoms with van der Waals surface area (Å²) >= 11 is 5.81. The molecule has 0 unspecified atom stereocenters. The first-order valence-electron chi connectivity index (χ1n) is 5.67. The van der Waals surface area contributed by atoms with Crippen molar-refractivity contribution < 1.29 is 0 Å². The van der Waals surface area contributed by atoms with Gasteiger partial charge in [0.25, 0.3) is 0 Å². The van der Waals surface area contributed by atoms with Crippen molar-refractivity contribution in [2.45, 2.75) is 32.6 Å². The second-order valence-electron chi connectivity index (χ2n) is 3.74. The Hall–Kier alpha value is -1.19. The number of halogens is 1. The molecule has 1 aromatic carbocycles. The normalized spacial score (nSPS) is 9.38. The zero-order chi connectivity index (χ0) is 11.8. The first-order valence-corrected chi connectivity index (χ1v) is 6.05. The second kappa shape index (κ2) is 7.14. The Morgan fingerprint density at radius 1 is 1.25 bits per heavy atom. The van der Waals surface area contributed by atoms with Crippen LogP contribution in [-0.2, 0) is 0 Å². The molecule has 1 rings (SSSR count). The third-order valence-electron chi connectivity index (χ3n) is 2.34. The lowest BCUT2D eigenvalue weighted by atomic mass is 10.1. The summed E-state index contributed by atoms with van der Waals surface area (Å²) in [6.07, 6.45) is 4.62. The molecule has 1 aromatic rings. The molecule has 0 spiro atoms. The van der Waals surface area contributed by atoms with Crippen LogP contribution in [0.15, 0.2) is 30.8 Å². The van der Waals surface area contributed by atoms with Gasteiger partial charge in [0.05, 0.1) is 0 Å². The molecule has 0 N–H and O–H groups in total. The van der Waals surface area contributed by atoms with E-state index in [1.165, 1.54) is 19.3 Å². The fourth-order valence-electron chi connectivity index (χ4n) is 1.36. The number of hydrogen-bond acceptors (Lipinski definition) is 0. The Morgan fingerprint density at radius 3 is 2.56 bits per heavy atom. The summed E-state index contributed by atoms with van der Waals surface area (Å²) in [6, 6.07) is 7.62. The van der Waals surface area contributed by atoms with Gasteiger partial charge in [0.1, 0.15) is 0 Å². The van der Waals surface area contributed by atoms with Gasteiger partial charge in [0.2, 0.25) is 0 Å². The number of rotatable bonds is 4. The van der Waals surface area contributed by atoms with Crippen molar-refractivity contribution in [2.75, 3.05) is 0 Å². The van der Waals surface area contributed by atoms with Gasteiger partial charge in [-0.3, -0.25) is 0 Å². The highest BCUT2D eigenvalue weighted by Gasteiger charge is 1.94. The highest BCUT2D eigenvalue weighted by atomic mass is 35.5. The van der Waals surface area contributed by atoms with Crippen LogP contribution in [0.5, 0.6) is 0 Å². The van der Waals surface area contributed by atoms with Crippen molar-refractivity contribution in [2.24, 2.45) is 0 Å². The van der Waals surface area contributed by atoms with Gasteiger partial charge in [-0.25, -0.2) is 0 Å². The molecule has 0 saturated heterocycles. The third kappa shape index (κ3) is 4.55. The Balaban J connectivity index is 2.48. The maximum absolute atomic E-state index is 5.81. The van der Waals surface area contributed by atoms with Gasteiger partial charge < -0.3 is 0 Å². The summed E-state index contributed by atoms with van der Waals surface area (Å²) in [4.78, 5) is 0. The highest BCUT2D eigenvalue weighted by molar-refractivity contribution is 6.30. The van der Waals surface area contributed by atoms with Crippen molar-refractivity contribution in [1.82, 2.24) is 0 Å². The summed E-state index contributed by atoms with van der Waals surface area (Å²) in [6.45, 7) is 6.15. The van der Waals surface area contributed by atoms with Gasteiger partial charge in [-0.15, -0.1) is 0 Å². The maximum Gasteiger partial charge on any atom is 0.0406 e. The van der Waals surface area contributed by atoms with Crippen molar-refractivity contribution in [1.29, 1.82) is 0 Å². The molecule has 0 amide bonds. The number of unbranched alkanes of at least 4 members (excludes halogenated alkanes) is 3. The molecule has 84 valence electrons. The lowest BCUT2D eigenvalue weighted by Gasteiger charge is -1.97. The minimum Gasteiger partial charge on any atom is -0.0979 e. The van der Waals surface area contributed by atoms with Crippen LogP contribution in [0.4, 0.5) is 0 Å². The largest absolute Gasteiger partial charge is 0.0979 e. The fraction of sp³-hybridized carbons (Fsp3) is 0.333. The van der Waals surface area contributed by atoms with Gasteiger partial charge >= 0.3 is 0 Å². The molecule has 0 aliphatic rings. The zero-order valence-corrected chi connectivity index (χ0v) is 10.5. The van der Waals surface area contributed by atoms with E-state index in [4.69, 9.17) is 11.6 Å². The van der Waals surface area contributed by atoms with Crippen LogP contribution >= 0.6 is 11.6 Å². The number of benzene rings is 1. The molecule has 0 radical (unpaired) electrons. The van der Waals surface area contributed by atoms with Gasteiger partial charge in [0, 0.05) is 17.0 Å². The minimum absolute atomic E-state index is 0.743. The van der Waals surface area contributed by atoms with Gasteiger partial charge in [-0.2, -0.15) is 0 Å². The van der Waals surface area contributed by atoms with Crippen LogP contribution in [0.1, 0.15) is 38.2 Å². The van der Waals surface area contributed by atoms with Crippen LogP contribution in [0.25, 0.3) is 5.57 Å². The monoisotopic (exact) mass is 232 g/mol. The number of hydrogen-bond donors (Lipinski definition) is 0. The standard InChI is InChI=1S/C15H17Cl/c1-3-4-5-6-7-8-13(2)14-9-11-15(16)12-10-14/h9-12H,2-6H2,1H3. The van der Waals surface area contributed by atoms with E-state index < -0.39 is 0 Å². The van der Waals surface area contributed by atoms with E-state index in [2.05, 4.69) is 25.3 Å². The molecule has 0 atom stereocenters. The Labute approximate surface area is 103 Å². The van der Waals surface area contributed by atoms with E-state index in [0.717, 1.165) is 22.6 Å². The van der Waals surface area contributed by atoms with Crippen molar-refractivity contribution in [3.8, 4) is 11.8 Å². The second-order valence-corrected chi connectivity index (χ2v) is 4.18. The molecule has 0 saturated carbocycles. The highest BCUT2D eigenvalue weighted by Crippen LogP contribution is 2.15. The molecular formula is C15H17Cl. The Bertz CT molecular complexity index is 390. The SMILES string of the molecule is C=C(C#CCCCCC)c1ccc(Cl)cc1. The predicted octanol–water partition coefficient (Wildman–Crippen LogP) is 4.94. The Kier molecular flexibility index (Phi) is 5.75. The molecule has 0 heterocycles. The molecule has 0 aliphatic heterocycles. The lowest BCUT2D eigenvalue weighted by Crippen LogP contribution is -1.79. The molecule has 16 heavy (non-hydrogen) atoms. The number of allylic oxidation sites excluding steroid dienone is 1. The first-order chi connectivity index (χ1) is 7.74. The molecule has 0 bridgehead atoms. The molecule has 0 aliphatic carbocycles. The van der Waals surface area contributed by atoms with E-state index in [1.807, 2.05) is 24.3 Å². The van der Waals surface area contributed by atoms with Gasteiger partial charge in [0.15, 0.2) is 0 Å². The molecule has 0 aromatic heterocycles. The summed E-state index contributed by atoms with van der Waals surface area (Å²) < 4.78 is 0. The van der Waals surface area contributed by atoms with E-state index in [0.29, 0.717) is 0 Å². The van der Waals surface area contributed by atoms with Gasteiger partial charge in [-0.05, 0) is 24.1 Å². The summed E-state index contributed by atoms with van der Waals surface area (Å²) in [7, 11) is 0. The fourth-order valence-corrected chi connectivity index (χ4v) is 1.48. The zero-order valence-electron chi connectivity index (χ0n) is 9.72. The quantitative estimate of drug-likeness (QED) is 0.510. The molecule has 0 nitrogen and oxygen atoms in total. The van der Waals surface area contributed by atoms with Gasteiger partial charge in [-0.1, -0.05) is 61.9 Å². The summed E-state index contributed by atoms with van der Waals surface area (Å²) in [5, 5.41) is 0.743. The summed E-state index contributed by atoms with van der Waals surface area (Å²) in [5.74, 6) is 6.24. The predicted molar refractivity (Wildman–Crippen MR) is 72.4 cm³/mol. The summed E-state index contributed by atoms with van der Waals surface area (Å²) in [5.41, 5.74) is 1.92. The van der Waals surface area contributed by atoms with Crippen LogP contribution in [0.3, 0.4) is 0 Å². The van der Waals surface area contributed by atoms with Crippen LogP contribution in [-0.4, -0.2) is 0 Å². The average molecular weight is 233 g/mol. The Morgan fingerprint density at radius 2 is 1.94 bits per heavy atom. The molecule has 1 heteroatoms. The maximum atomic E-state index is 5.81. The molecular weight excluding hydrogens is 216 g/mol. The minimum atomic E-state index is 0.743. The van der Waals surface area contributed by atoms with Crippen molar-refractivity contribution >= 4 is 17.2 Å². The van der Waals surface area contributed by atoms with Crippen molar-refractivity contribution in [3.05, 3.63) is 41.4 Å². The van der Waals surface area contributed by atoms with E-state index >= 15 is 0 Å². The van der Waals surface area contributed by atoms with Crippen LogP contribution in [0.2, 0.25) is 5.02 Å². The van der Waals surface area contributed by atoms with E-state index in [1.54, 1.807) is 0 Å². The lowest BCUT2D eigenvalue weighted by molar-refractivity contribution is 0.737. The van der Waals surface area contributed by atoms with E-state index in [9.17, 15) is 0 Å². The smallest absolute Gasteiger partial charge is 0.0406 e. The average Bonchev–Trinajstić information content (AvgIpc) is 2.29. The molecule has 0 fully saturated rings. The first kappa shape index (κ1) is 12.9. The van der Waals surface area contributed by atoms with E-state index in [-0.39, 0.29) is 0 Å². The topological polar surface area (TPSA) is 0 Å².